The molecule has 0 bridgehead atoms. The minimum Gasteiger partial charge on any atom is -0.406 e. The van der Waals surface area contributed by atoms with Crippen LogP contribution >= 0.6 is 24.8 Å². The molecule has 0 radical (unpaired) electrons. The highest BCUT2D eigenvalue weighted by atomic mass is 35.5. The number of nitrogens with two attached hydrogens (primary N) is 1. The maximum atomic E-state index is 6.23. The number of anilines is 1. The second-order valence-electron chi connectivity index (χ2n) is 6.95. The lowest BCUT2D eigenvalue weighted by Gasteiger charge is -2.33. The average molecular weight is 400 g/mol. The maximum absolute atomic E-state index is 6.23. The van der Waals surface area contributed by atoms with Crippen molar-refractivity contribution in [2.75, 3.05) is 37.6 Å². The predicted octanol–water partition coefficient (Wildman–Crippen LogP) is 2.69. The van der Waals surface area contributed by atoms with Gasteiger partial charge in [0.15, 0.2) is 0 Å². The summed E-state index contributed by atoms with van der Waals surface area (Å²) in [7, 11) is 0. The summed E-state index contributed by atoms with van der Waals surface area (Å²) >= 11 is 0. The molecule has 2 N–H and O–H groups in total. The highest BCUT2D eigenvalue weighted by Crippen LogP contribution is 2.30. The van der Waals surface area contributed by atoms with Crippen molar-refractivity contribution < 1.29 is 4.42 Å². The van der Waals surface area contributed by atoms with Gasteiger partial charge >= 0.3 is 6.01 Å². The molecule has 2 heterocycles. The molecule has 2 fully saturated rings. The highest BCUT2D eigenvalue weighted by molar-refractivity contribution is 5.85. The number of halogens is 2. The van der Waals surface area contributed by atoms with Crippen molar-refractivity contribution >= 4 is 30.8 Å². The molecule has 1 saturated heterocycles. The fourth-order valence-corrected chi connectivity index (χ4v) is 3.25. The molecule has 0 unspecified atom stereocenters. The van der Waals surface area contributed by atoms with Crippen LogP contribution in [-0.2, 0) is 6.42 Å². The first-order chi connectivity index (χ1) is 11.8. The lowest BCUT2D eigenvalue weighted by molar-refractivity contribution is 0.243. The molecule has 0 spiro atoms. The molecular weight excluding hydrogens is 373 g/mol. The Labute approximate surface area is 166 Å². The van der Waals surface area contributed by atoms with E-state index in [-0.39, 0.29) is 30.9 Å². The monoisotopic (exact) mass is 399 g/mol. The van der Waals surface area contributed by atoms with E-state index in [9.17, 15) is 0 Å². The summed E-state index contributed by atoms with van der Waals surface area (Å²) in [6.07, 6.45) is 3.52. The van der Waals surface area contributed by atoms with E-state index in [0.717, 1.165) is 32.1 Å². The number of hydrogen-bond donors (Lipinski definition) is 1. The van der Waals surface area contributed by atoms with Crippen molar-refractivity contribution in [3.63, 3.8) is 0 Å². The van der Waals surface area contributed by atoms with Crippen molar-refractivity contribution in [2.45, 2.75) is 25.3 Å². The zero-order valence-electron chi connectivity index (χ0n) is 14.8. The van der Waals surface area contributed by atoms with E-state index >= 15 is 0 Å². The Hall–Kier alpha value is -1.34. The van der Waals surface area contributed by atoms with Gasteiger partial charge < -0.3 is 15.1 Å². The number of benzene rings is 1. The smallest absolute Gasteiger partial charge is 0.318 e. The standard InChI is InChI=1S/C18H25N5O.2ClH/c19-16(12-14-4-2-1-3-5-14)17-20-21-18(24-17)23-10-8-22(9-11-23)13-15-6-7-15;;/h1-5,15-16H,6-13,19H2;2*1H/t16-;;/m1../s1. The minimum atomic E-state index is -0.259. The van der Waals surface area contributed by atoms with Crippen LogP contribution in [0.5, 0.6) is 0 Å². The third-order valence-electron chi connectivity index (χ3n) is 4.90. The Morgan fingerprint density at radius 2 is 1.73 bits per heavy atom. The Kier molecular flexibility index (Phi) is 7.70. The van der Waals surface area contributed by atoms with Gasteiger partial charge in [-0.1, -0.05) is 35.4 Å². The molecule has 4 rings (SSSR count). The molecule has 1 aromatic heterocycles. The Bertz CT molecular complexity index is 657. The lowest BCUT2D eigenvalue weighted by atomic mass is 10.1. The number of aromatic nitrogens is 2. The van der Waals surface area contributed by atoms with Gasteiger partial charge in [0.25, 0.3) is 0 Å². The molecule has 2 aliphatic rings. The van der Waals surface area contributed by atoms with E-state index in [2.05, 4.69) is 32.1 Å². The van der Waals surface area contributed by atoms with E-state index in [1.54, 1.807) is 0 Å². The first-order valence-electron chi connectivity index (χ1n) is 8.88. The number of nitrogens with zero attached hydrogens (tertiary/aromatic N) is 4. The first kappa shape index (κ1) is 21.0. The first-order valence-corrected chi connectivity index (χ1v) is 8.88. The molecule has 1 atom stereocenters. The maximum Gasteiger partial charge on any atom is 0.318 e. The quantitative estimate of drug-likeness (QED) is 0.804. The Morgan fingerprint density at radius 1 is 1.04 bits per heavy atom. The average Bonchev–Trinajstić information content (AvgIpc) is 3.28. The van der Waals surface area contributed by atoms with Gasteiger partial charge in [0.2, 0.25) is 5.89 Å². The third-order valence-corrected chi connectivity index (χ3v) is 4.90. The van der Waals surface area contributed by atoms with Gasteiger partial charge in [0.1, 0.15) is 0 Å². The molecular formula is C18H27Cl2N5O. The summed E-state index contributed by atoms with van der Waals surface area (Å²) in [6.45, 7) is 5.30. The molecule has 1 saturated carbocycles. The number of piperazine rings is 1. The van der Waals surface area contributed by atoms with Gasteiger partial charge in [-0.05, 0) is 30.7 Å². The van der Waals surface area contributed by atoms with Crippen LogP contribution in [0.2, 0.25) is 0 Å². The molecule has 6 nitrogen and oxygen atoms in total. The van der Waals surface area contributed by atoms with Gasteiger partial charge in [-0.15, -0.1) is 29.9 Å². The molecule has 144 valence electrons. The molecule has 1 aliphatic carbocycles. The van der Waals surface area contributed by atoms with Gasteiger partial charge in [-0.25, -0.2) is 0 Å². The van der Waals surface area contributed by atoms with Gasteiger partial charge in [-0.2, -0.15) is 0 Å². The second kappa shape index (κ2) is 9.55. The van der Waals surface area contributed by atoms with Crippen LogP contribution in [0.25, 0.3) is 0 Å². The van der Waals surface area contributed by atoms with Crippen molar-refractivity contribution in [3.05, 3.63) is 41.8 Å². The van der Waals surface area contributed by atoms with E-state index in [1.165, 1.54) is 24.9 Å². The highest BCUT2D eigenvalue weighted by Gasteiger charge is 2.28. The molecule has 2 aromatic rings. The fourth-order valence-electron chi connectivity index (χ4n) is 3.25. The van der Waals surface area contributed by atoms with E-state index < -0.39 is 0 Å². The second-order valence-corrected chi connectivity index (χ2v) is 6.95. The normalized spacial score (nSPS) is 18.7. The molecule has 26 heavy (non-hydrogen) atoms. The summed E-state index contributed by atoms with van der Waals surface area (Å²) in [6, 6.07) is 10.5. The van der Waals surface area contributed by atoms with Crippen LogP contribution < -0.4 is 10.6 Å². The van der Waals surface area contributed by atoms with Crippen molar-refractivity contribution in [1.29, 1.82) is 0 Å². The third kappa shape index (κ3) is 5.33. The summed E-state index contributed by atoms with van der Waals surface area (Å²) < 4.78 is 5.85. The molecule has 8 heteroatoms. The van der Waals surface area contributed by atoms with Crippen LogP contribution in [0, 0.1) is 5.92 Å². The topological polar surface area (TPSA) is 71.4 Å². The number of hydrogen-bond acceptors (Lipinski definition) is 6. The van der Waals surface area contributed by atoms with Crippen molar-refractivity contribution in [2.24, 2.45) is 11.7 Å². The Balaban J connectivity index is 0.00000121. The summed E-state index contributed by atoms with van der Waals surface area (Å²) in [4.78, 5) is 4.72. The molecule has 1 aliphatic heterocycles. The van der Waals surface area contributed by atoms with Crippen LogP contribution in [0.3, 0.4) is 0 Å². The van der Waals surface area contributed by atoms with Crippen LogP contribution in [0.4, 0.5) is 6.01 Å². The summed E-state index contributed by atoms with van der Waals surface area (Å²) in [5.41, 5.74) is 7.41. The van der Waals surface area contributed by atoms with Crippen LogP contribution in [-0.4, -0.2) is 47.8 Å². The largest absolute Gasteiger partial charge is 0.406 e. The molecule has 1 aromatic carbocycles. The SMILES string of the molecule is Cl.Cl.N[C@H](Cc1ccccc1)c1nnc(N2CCN(CC3CC3)CC2)o1. The van der Waals surface area contributed by atoms with Gasteiger partial charge in [0.05, 0.1) is 6.04 Å². The molecule has 0 amide bonds. The van der Waals surface area contributed by atoms with Gasteiger partial charge in [0, 0.05) is 32.7 Å². The zero-order chi connectivity index (χ0) is 16.4. The van der Waals surface area contributed by atoms with Crippen molar-refractivity contribution in [1.82, 2.24) is 15.1 Å². The summed E-state index contributed by atoms with van der Waals surface area (Å²) in [5.74, 6) is 1.47. The fraction of sp³-hybridized carbons (Fsp3) is 0.556. The van der Waals surface area contributed by atoms with Crippen LogP contribution in [0.1, 0.15) is 30.3 Å². The minimum absolute atomic E-state index is 0. The van der Waals surface area contributed by atoms with Gasteiger partial charge in [-0.3, -0.25) is 4.90 Å². The number of rotatable bonds is 6. The zero-order valence-corrected chi connectivity index (χ0v) is 16.4. The lowest BCUT2D eigenvalue weighted by Crippen LogP contribution is -2.47. The van der Waals surface area contributed by atoms with Crippen molar-refractivity contribution in [3.8, 4) is 0 Å². The predicted molar refractivity (Wildman–Crippen MR) is 107 cm³/mol. The van der Waals surface area contributed by atoms with E-state index in [0.29, 0.717) is 18.3 Å². The Morgan fingerprint density at radius 3 is 2.38 bits per heavy atom. The van der Waals surface area contributed by atoms with E-state index in [4.69, 9.17) is 10.2 Å². The van der Waals surface area contributed by atoms with E-state index in [1.807, 2.05) is 18.2 Å². The summed E-state index contributed by atoms with van der Waals surface area (Å²) in [5, 5.41) is 8.38. The van der Waals surface area contributed by atoms with Crippen LogP contribution in [0.15, 0.2) is 34.7 Å².